The zero-order valence-corrected chi connectivity index (χ0v) is 21.9. The van der Waals surface area contributed by atoms with Crippen molar-refractivity contribution in [2.24, 2.45) is 0 Å². The van der Waals surface area contributed by atoms with Crippen molar-refractivity contribution < 1.29 is 24.5 Å². The summed E-state index contributed by atoms with van der Waals surface area (Å²) in [6, 6.07) is 17.2. The fourth-order valence-electron chi connectivity index (χ4n) is 4.93. The third-order valence-corrected chi connectivity index (χ3v) is 7.02. The Labute approximate surface area is 230 Å². The summed E-state index contributed by atoms with van der Waals surface area (Å²) in [7, 11) is 0. The van der Waals surface area contributed by atoms with Crippen LogP contribution in [0.25, 0.3) is 22.3 Å². The van der Waals surface area contributed by atoms with Crippen molar-refractivity contribution >= 4 is 28.9 Å². The van der Waals surface area contributed by atoms with Crippen LogP contribution in [0.3, 0.4) is 0 Å². The van der Waals surface area contributed by atoms with Crippen LogP contribution >= 0.6 is 0 Å². The summed E-state index contributed by atoms with van der Waals surface area (Å²) in [5, 5.41) is 23.8. The molecular weight excluding hydrogens is 514 g/mol. The number of hydrogen-bond acceptors (Lipinski definition) is 8. The van der Waals surface area contributed by atoms with Crippen molar-refractivity contribution in [1.82, 2.24) is 29.5 Å². The molecule has 0 saturated carbocycles. The van der Waals surface area contributed by atoms with E-state index in [-0.39, 0.29) is 38.1 Å². The van der Waals surface area contributed by atoms with E-state index in [1.165, 1.54) is 6.33 Å². The summed E-state index contributed by atoms with van der Waals surface area (Å²) < 4.78 is 7.80. The van der Waals surface area contributed by atoms with Crippen LogP contribution in [0.5, 0.6) is 11.5 Å². The number of nitrogen functional groups attached to an aromatic ring is 1. The minimum Gasteiger partial charge on any atom is -0.465 e. The van der Waals surface area contributed by atoms with Crippen molar-refractivity contribution in [1.29, 1.82) is 0 Å². The Morgan fingerprint density at radius 3 is 2.38 bits per heavy atom. The number of aromatic nitrogens is 4. The van der Waals surface area contributed by atoms with E-state index in [1.54, 1.807) is 4.90 Å². The van der Waals surface area contributed by atoms with Gasteiger partial charge in [-0.05, 0) is 49.2 Å². The van der Waals surface area contributed by atoms with E-state index in [0.29, 0.717) is 54.2 Å². The number of piperidine rings is 1. The molecule has 1 fully saturated rings. The van der Waals surface area contributed by atoms with Crippen LogP contribution in [0.4, 0.5) is 10.6 Å². The smallest absolute Gasteiger partial charge is 0.407 e. The predicted molar refractivity (Wildman–Crippen MR) is 148 cm³/mol. The van der Waals surface area contributed by atoms with Gasteiger partial charge in [0.15, 0.2) is 5.65 Å². The molecule has 3 heterocycles. The SMILES string of the molecule is Nc1ncnc2c1c(-c1ccc(Oc3ccccc3)cc1)nn2C1CCN(C(=O)CCN(CCO)C(=O)O)CC1. The number of likely N-dealkylation sites (tertiary alicyclic amines) is 1. The maximum atomic E-state index is 12.7. The summed E-state index contributed by atoms with van der Waals surface area (Å²) in [5.41, 5.74) is 8.45. The van der Waals surface area contributed by atoms with Crippen LogP contribution in [0.2, 0.25) is 0 Å². The molecule has 1 saturated heterocycles. The highest BCUT2D eigenvalue weighted by Gasteiger charge is 2.28. The summed E-state index contributed by atoms with van der Waals surface area (Å²) in [5.74, 6) is 1.67. The normalized spacial score (nSPS) is 13.9. The molecule has 40 heavy (non-hydrogen) atoms. The first kappa shape index (κ1) is 26.9. The van der Waals surface area contributed by atoms with Gasteiger partial charge in [-0.15, -0.1) is 0 Å². The molecule has 0 bridgehead atoms. The first-order chi connectivity index (χ1) is 19.4. The quantitative estimate of drug-likeness (QED) is 0.286. The highest BCUT2D eigenvalue weighted by atomic mass is 16.5. The fraction of sp³-hybridized carbons (Fsp3) is 0.321. The van der Waals surface area contributed by atoms with Crippen molar-refractivity contribution in [3.8, 4) is 22.8 Å². The molecule has 0 spiro atoms. The van der Waals surface area contributed by atoms with E-state index in [2.05, 4.69) is 9.97 Å². The van der Waals surface area contributed by atoms with E-state index in [4.69, 9.17) is 20.7 Å². The topological polar surface area (TPSA) is 160 Å². The first-order valence-corrected chi connectivity index (χ1v) is 13.1. The summed E-state index contributed by atoms with van der Waals surface area (Å²) in [4.78, 5) is 35.5. The molecule has 1 aliphatic rings. The molecule has 5 rings (SSSR count). The van der Waals surface area contributed by atoms with Gasteiger partial charge in [-0.1, -0.05) is 18.2 Å². The number of nitrogens with two attached hydrogens (primary N) is 1. The largest absolute Gasteiger partial charge is 0.465 e. The Hall–Kier alpha value is -4.71. The van der Waals surface area contributed by atoms with Crippen LogP contribution in [0, 0.1) is 0 Å². The minimum atomic E-state index is -1.15. The molecule has 0 radical (unpaired) electrons. The van der Waals surface area contributed by atoms with Crippen LogP contribution < -0.4 is 10.5 Å². The number of carboxylic acid groups (broad SMARTS) is 1. The maximum absolute atomic E-state index is 12.7. The lowest BCUT2D eigenvalue weighted by Crippen LogP contribution is -2.41. The third-order valence-electron chi connectivity index (χ3n) is 7.02. The lowest BCUT2D eigenvalue weighted by molar-refractivity contribution is -0.132. The van der Waals surface area contributed by atoms with Gasteiger partial charge in [0, 0.05) is 38.2 Å². The number of rotatable bonds is 9. The minimum absolute atomic E-state index is 0.000180. The lowest BCUT2D eigenvalue weighted by atomic mass is 10.0. The fourth-order valence-corrected chi connectivity index (χ4v) is 4.93. The number of aliphatic hydroxyl groups excluding tert-OH is 1. The second-order valence-corrected chi connectivity index (χ2v) is 9.55. The molecule has 0 unspecified atom stereocenters. The summed E-state index contributed by atoms with van der Waals surface area (Å²) in [6.45, 7) is 0.768. The number of nitrogens with zero attached hydrogens (tertiary/aromatic N) is 6. The van der Waals surface area contributed by atoms with Crippen molar-refractivity contribution in [3.05, 3.63) is 60.9 Å². The average molecular weight is 546 g/mol. The molecule has 0 aliphatic carbocycles. The van der Waals surface area contributed by atoms with E-state index in [1.807, 2.05) is 59.3 Å². The second-order valence-electron chi connectivity index (χ2n) is 9.55. The number of amides is 2. The van der Waals surface area contributed by atoms with E-state index >= 15 is 0 Å². The maximum Gasteiger partial charge on any atom is 0.407 e. The van der Waals surface area contributed by atoms with Crippen molar-refractivity contribution in [2.45, 2.75) is 25.3 Å². The Kier molecular flexibility index (Phi) is 8.06. The molecular formula is C28H31N7O5. The Balaban J connectivity index is 1.30. The number of para-hydroxylation sites is 1. The third kappa shape index (κ3) is 5.81. The number of ether oxygens (including phenoxy) is 1. The van der Waals surface area contributed by atoms with Gasteiger partial charge in [0.05, 0.1) is 18.0 Å². The van der Waals surface area contributed by atoms with Gasteiger partial charge in [0.25, 0.3) is 0 Å². The lowest BCUT2D eigenvalue weighted by Gasteiger charge is -2.32. The molecule has 4 N–H and O–H groups in total. The van der Waals surface area contributed by atoms with Gasteiger partial charge < -0.3 is 30.5 Å². The zero-order valence-electron chi connectivity index (χ0n) is 21.9. The molecule has 2 aromatic carbocycles. The standard InChI is InChI=1S/C28H31N7O5/c29-26-24-25(19-6-8-22(9-7-19)40-21-4-2-1-3-5-21)32-35(27(24)31-18-30-26)20-10-13-33(14-11-20)23(37)12-15-34(16-17-36)28(38)39/h1-9,18,20,36H,10-17H2,(H,38,39)(H2,29,30,31). The molecule has 1 aliphatic heterocycles. The van der Waals surface area contributed by atoms with Gasteiger partial charge in [0.1, 0.15) is 29.3 Å². The molecule has 12 nitrogen and oxygen atoms in total. The Morgan fingerprint density at radius 2 is 1.70 bits per heavy atom. The van der Waals surface area contributed by atoms with Gasteiger partial charge in [0.2, 0.25) is 5.91 Å². The monoisotopic (exact) mass is 545 g/mol. The van der Waals surface area contributed by atoms with Gasteiger partial charge in [-0.3, -0.25) is 4.79 Å². The molecule has 208 valence electrons. The Morgan fingerprint density at radius 1 is 1.00 bits per heavy atom. The van der Waals surface area contributed by atoms with Gasteiger partial charge >= 0.3 is 6.09 Å². The molecule has 4 aromatic rings. The Bertz CT molecular complexity index is 1470. The number of aliphatic hydroxyl groups is 1. The van der Waals surface area contributed by atoms with E-state index in [0.717, 1.165) is 16.2 Å². The van der Waals surface area contributed by atoms with E-state index in [9.17, 15) is 14.7 Å². The molecule has 2 aromatic heterocycles. The van der Waals surface area contributed by atoms with Crippen LogP contribution in [-0.4, -0.2) is 84.5 Å². The number of hydrogen-bond donors (Lipinski definition) is 3. The predicted octanol–water partition coefficient (Wildman–Crippen LogP) is 3.39. The number of anilines is 1. The van der Waals surface area contributed by atoms with Crippen LogP contribution in [0.15, 0.2) is 60.9 Å². The van der Waals surface area contributed by atoms with Gasteiger partial charge in [-0.25, -0.2) is 19.4 Å². The number of benzene rings is 2. The molecule has 12 heteroatoms. The van der Waals surface area contributed by atoms with Crippen molar-refractivity contribution in [3.63, 3.8) is 0 Å². The number of carbonyl (C=O) groups excluding carboxylic acids is 1. The van der Waals surface area contributed by atoms with E-state index < -0.39 is 6.09 Å². The average Bonchev–Trinajstić information content (AvgIpc) is 3.37. The van der Waals surface area contributed by atoms with Gasteiger partial charge in [-0.2, -0.15) is 5.10 Å². The van der Waals surface area contributed by atoms with Crippen LogP contribution in [-0.2, 0) is 4.79 Å². The number of carbonyl (C=O) groups is 2. The molecule has 2 amide bonds. The summed E-state index contributed by atoms with van der Waals surface area (Å²) in [6.07, 6.45) is 1.67. The highest BCUT2D eigenvalue weighted by molar-refractivity contribution is 5.98. The number of fused-ring (bicyclic) bond motifs is 1. The summed E-state index contributed by atoms with van der Waals surface area (Å²) >= 11 is 0. The zero-order chi connectivity index (χ0) is 28.1. The first-order valence-electron chi connectivity index (χ1n) is 13.1. The van der Waals surface area contributed by atoms with Crippen LogP contribution in [0.1, 0.15) is 25.3 Å². The molecule has 0 atom stereocenters. The second kappa shape index (κ2) is 12.0. The van der Waals surface area contributed by atoms with Crippen molar-refractivity contribution in [2.75, 3.05) is 38.5 Å². The highest BCUT2D eigenvalue weighted by Crippen LogP contribution is 2.35.